The van der Waals surface area contributed by atoms with Gasteiger partial charge in [0, 0.05) is 12.2 Å². The summed E-state index contributed by atoms with van der Waals surface area (Å²) in [5.41, 5.74) is 0.0441. The molecule has 0 aromatic rings. The maximum absolute atomic E-state index is 11.0. The summed E-state index contributed by atoms with van der Waals surface area (Å²) >= 11 is 0. The summed E-state index contributed by atoms with van der Waals surface area (Å²) in [6, 6.07) is 0. The molecule has 0 spiro atoms. The van der Waals surface area contributed by atoms with Gasteiger partial charge in [0.05, 0.1) is 6.61 Å². The van der Waals surface area contributed by atoms with Crippen molar-refractivity contribution in [1.82, 2.24) is 0 Å². The van der Waals surface area contributed by atoms with Crippen molar-refractivity contribution in [3.05, 3.63) is 25.3 Å². The number of ether oxygens (including phenoxy) is 2. The molecule has 0 saturated heterocycles. The van der Waals surface area contributed by atoms with Crippen molar-refractivity contribution in [2.45, 2.75) is 20.3 Å². The van der Waals surface area contributed by atoms with Crippen LogP contribution in [0.2, 0.25) is 0 Å². The van der Waals surface area contributed by atoms with Crippen LogP contribution in [-0.4, -0.2) is 37.7 Å². The standard InChI is InChI=1S/C14H23O4P/c1-6-12(15)17-9-8-14(3,4)10-19(5)11-18-13(16)7-2/h6-7H,1-2,8-11H2,3-5H3. The second-order valence-corrected chi connectivity index (χ2v) is 7.38. The van der Waals surface area contributed by atoms with Crippen molar-refractivity contribution in [2.24, 2.45) is 5.41 Å². The SMILES string of the molecule is C=CC(=O)OCCC(C)(C)CP(C)COC(=O)C=C. The molecule has 0 rings (SSSR count). The first kappa shape index (κ1) is 17.8. The molecule has 1 unspecified atom stereocenters. The molecule has 19 heavy (non-hydrogen) atoms. The van der Waals surface area contributed by atoms with Gasteiger partial charge in [0.2, 0.25) is 0 Å². The number of esters is 2. The van der Waals surface area contributed by atoms with Crippen LogP contribution in [0, 0.1) is 5.41 Å². The second kappa shape index (κ2) is 8.87. The molecule has 108 valence electrons. The minimum absolute atomic E-state index is 0.0441. The highest BCUT2D eigenvalue weighted by Gasteiger charge is 2.22. The summed E-state index contributed by atoms with van der Waals surface area (Å²) in [7, 11) is -0.394. The van der Waals surface area contributed by atoms with Crippen molar-refractivity contribution in [3.8, 4) is 0 Å². The van der Waals surface area contributed by atoms with E-state index in [9.17, 15) is 9.59 Å². The van der Waals surface area contributed by atoms with Crippen molar-refractivity contribution < 1.29 is 19.1 Å². The third-order valence-electron chi connectivity index (χ3n) is 2.48. The number of hydrogen-bond acceptors (Lipinski definition) is 4. The van der Waals surface area contributed by atoms with Crippen LogP contribution in [0.4, 0.5) is 0 Å². The lowest BCUT2D eigenvalue weighted by Gasteiger charge is -2.27. The van der Waals surface area contributed by atoms with Crippen LogP contribution >= 0.6 is 7.92 Å². The van der Waals surface area contributed by atoms with E-state index < -0.39 is 13.9 Å². The highest BCUT2D eigenvalue weighted by atomic mass is 31.1. The first-order valence-corrected chi connectivity index (χ1v) is 8.23. The third kappa shape index (κ3) is 9.43. The monoisotopic (exact) mass is 286 g/mol. The van der Waals surface area contributed by atoms with Gasteiger partial charge in [-0.15, -0.1) is 0 Å². The number of carbonyl (C=O) groups excluding carboxylic acids is 2. The summed E-state index contributed by atoms with van der Waals surface area (Å²) in [6.07, 6.45) is 4.49. The molecular weight excluding hydrogens is 263 g/mol. The number of carbonyl (C=O) groups is 2. The Kier molecular flexibility index (Phi) is 8.33. The molecule has 0 bridgehead atoms. The Morgan fingerprint density at radius 2 is 1.68 bits per heavy atom. The van der Waals surface area contributed by atoms with E-state index in [4.69, 9.17) is 9.47 Å². The van der Waals surface area contributed by atoms with Crippen LogP contribution in [0.15, 0.2) is 25.3 Å². The first-order chi connectivity index (χ1) is 8.80. The van der Waals surface area contributed by atoms with Crippen molar-refractivity contribution in [1.29, 1.82) is 0 Å². The minimum atomic E-state index is -0.394. The molecule has 0 aromatic heterocycles. The molecular formula is C14H23O4P. The van der Waals surface area contributed by atoms with Crippen LogP contribution < -0.4 is 0 Å². The Morgan fingerprint density at radius 1 is 1.16 bits per heavy atom. The van der Waals surface area contributed by atoms with E-state index in [1.807, 2.05) is 0 Å². The van der Waals surface area contributed by atoms with Crippen LogP contribution in [0.3, 0.4) is 0 Å². The fourth-order valence-electron chi connectivity index (χ4n) is 1.57. The lowest BCUT2D eigenvalue weighted by Crippen LogP contribution is -2.20. The summed E-state index contributed by atoms with van der Waals surface area (Å²) < 4.78 is 10.0. The molecule has 0 aliphatic heterocycles. The van der Waals surface area contributed by atoms with E-state index in [0.717, 1.165) is 18.7 Å². The Morgan fingerprint density at radius 3 is 2.21 bits per heavy atom. The van der Waals surface area contributed by atoms with E-state index in [-0.39, 0.29) is 11.4 Å². The van der Waals surface area contributed by atoms with Gasteiger partial charge >= 0.3 is 11.9 Å². The van der Waals surface area contributed by atoms with Crippen LogP contribution in [-0.2, 0) is 19.1 Å². The quantitative estimate of drug-likeness (QED) is 0.371. The highest BCUT2D eigenvalue weighted by molar-refractivity contribution is 7.56. The van der Waals surface area contributed by atoms with Gasteiger partial charge < -0.3 is 9.47 Å². The van der Waals surface area contributed by atoms with Gasteiger partial charge in [-0.05, 0) is 24.7 Å². The van der Waals surface area contributed by atoms with E-state index in [0.29, 0.717) is 13.0 Å². The normalized spacial score (nSPS) is 12.4. The Balaban J connectivity index is 3.99. The zero-order valence-electron chi connectivity index (χ0n) is 12.0. The van der Waals surface area contributed by atoms with Gasteiger partial charge in [-0.25, -0.2) is 9.59 Å². The Hall–Kier alpha value is -1.15. The van der Waals surface area contributed by atoms with Gasteiger partial charge in [0.15, 0.2) is 0 Å². The topological polar surface area (TPSA) is 52.6 Å². The van der Waals surface area contributed by atoms with Gasteiger partial charge in [-0.3, -0.25) is 0 Å². The smallest absolute Gasteiger partial charge is 0.330 e. The molecule has 1 atom stereocenters. The molecule has 0 heterocycles. The van der Waals surface area contributed by atoms with E-state index >= 15 is 0 Å². The summed E-state index contributed by atoms with van der Waals surface area (Å²) in [6.45, 7) is 13.4. The largest absolute Gasteiger partial charge is 0.463 e. The Labute approximate surface area is 116 Å². The van der Waals surface area contributed by atoms with Gasteiger partial charge in [-0.1, -0.05) is 34.9 Å². The maximum atomic E-state index is 11.0. The van der Waals surface area contributed by atoms with Crippen molar-refractivity contribution in [2.75, 3.05) is 25.8 Å². The van der Waals surface area contributed by atoms with E-state index in [1.54, 1.807) is 0 Å². The Bertz CT molecular complexity index is 336. The van der Waals surface area contributed by atoms with Crippen molar-refractivity contribution >= 4 is 19.9 Å². The molecule has 5 heteroatoms. The summed E-state index contributed by atoms with van der Waals surface area (Å²) in [5, 5.41) is 0. The molecule has 0 amide bonds. The lowest BCUT2D eigenvalue weighted by atomic mass is 9.92. The molecule has 0 fully saturated rings. The van der Waals surface area contributed by atoms with Crippen LogP contribution in [0.5, 0.6) is 0 Å². The lowest BCUT2D eigenvalue weighted by molar-refractivity contribution is -0.138. The second-order valence-electron chi connectivity index (χ2n) is 5.10. The van der Waals surface area contributed by atoms with Crippen LogP contribution in [0.1, 0.15) is 20.3 Å². The van der Waals surface area contributed by atoms with Gasteiger partial charge in [0.25, 0.3) is 0 Å². The zero-order valence-corrected chi connectivity index (χ0v) is 12.9. The average molecular weight is 286 g/mol. The average Bonchev–Trinajstić information content (AvgIpc) is 2.34. The summed E-state index contributed by atoms with van der Waals surface area (Å²) in [4.78, 5) is 21.9. The molecule has 0 aliphatic rings. The predicted octanol–water partition coefficient (Wildman–Crippen LogP) is 2.93. The zero-order chi connectivity index (χ0) is 14.9. The third-order valence-corrected chi connectivity index (χ3v) is 4.45. The molecule has 0 radical (unpaired) electrons. The first-order valence-electron chi connectivity index (χ1n) is 6.07. The summed E-state index contributed by atoms with van der Waals surface area (Å²) in [5.74, 6) is -0.776. The fraction of sp³-hybridized carbons (Fsp3) is 0.571. The van der Waals surface area contributed by atoms with Gasteiger partial charge in [0.1, 0.15) is 6.35 Å². The highest BCUT2D eigenvalue weighted by Crippen LogP contribution is 2.39. The van der Waals surface area contributed by atoms with Crippen LogP contribution in [0.25, 0.3) is 0 Å². The number of rotatable bonds is 9. The van der Waals surface area contributed by atoms with E-state index in [2.05, 4.69) is 33.7 Å². The van der Waals surface area contributed by atoms with Gasteiger partial charge in [-0.2, -0.15) is 0 Å². The maximum Gasteiger partial charge on any atom is 0.330 e. The number of hydrogen-bond donors (Lipinski definition) is 0. The molecule has 0 N–H and O–H groups in total. The van der Waals surface area contributed by atoms with Crippen molar-refractivity contribution in [3.63, 3.8) is 0 Å². The minimum Gasteiger partial charge on any atom is -0.463 e. The predicted molar refractivity (Wildman–Crippen MR) is 78.4 cm³/mol. The van der Waals surface area contributed by atoms with E-state index in [1.165, 1.54) is 6.08 Å². The molecule has 0 aromatic carbocycles. The fourth-order valence-corrected chi connectivity index (χ4v) is 3.63. The molecule has 4 nitrogen and oxygen atoms in total. The molecule has 0 aliphatic carbocycles. The molecule has 0 saturated carbocycles.